The minimum atomic E-state index is -1.02. The van der Waals surface area contributed by atoms with Crippen molar-refractivity contribution in [2.75, 3.05) is 39.6 Å². The van der Waals surface area contributed by atoms with Crippen LogP contribution in [0.5, 0.6) is 0 Å². The summed E-state index contributed by atoms with van der Waals surface area (Å²) < 4.78 is 30.8. The van der Waals surface area contributed by atoms with Gasteiger partial charge in [0.1, 0.15) is 39.6 Å². The number of rotatable bonds is 21. The number of hydrogen-bond acceptors (Lipinski definition) is 12. The lowest BCUT2D eigenvalue weighted by Crippen LogP contribution is -2.36. The van der Waals surface area contributed by atoms with E-state index < -0.39 is 46.6 Å². The summed E-state index contributed by atoms with van der Waals surface area (Å²) in [7, 11) is 0. The van der Waals surface area contributed by atoms with Gasteiger partial charge in [-0.3, -0.25) is 9.59 Å². The van der Waals surface area contributed by atoms with Gasteiger partial charge in [0.15, 0.2) is 0 Å². The van der Waals surface area contributed by atoms with Crippen molar-refractivity contribution < 1.29 is 57.2 Å². The van der Waals surface area contributed by atoms with E-state index in [0.717, 1.165) is 24.3 Å². The molecule has 1 unspecified atom stereocenters. The molecule has 12 nitrogen and oxygen atoms in total. The quantitative estimate of drug-likeness (QED) is 0.111. The van der Waals surface area contributed by atoms with Crippen molar-refractivity contribution in [3.05, 3.63) is 50.6 Å². The summed E-state index contributed by atoms with van der Waals surface area (Å²) in [5, 5.41) is 0. The van der Waals surface area contributed by atoms with Crippen LogP contribution in [-0.4, -0.2) is 75.5 Å². The van der Waals surface area contributed by atoms with Gasteiger partial charge in [-0.25, -0.2) is 19.2 Å². The Hall–Kier alpha value is -4.22. The van der Waals surface area contributed by atoms with Crippen LogP contribution >= 0.6 is 0 Å². The molecule has 41 heavy (non-hydrogen) atoms. The van der Waals surface area contributed by atoms with Gasteiger partial charge in [-0.05, 0) is 26.2 Å². The lowest BCUT2D eigenvalue weighted by molar-refractivity contribution is -0.160. The molecule has 228 valence electrons. The molecule has 0 saturated carbocycles. The Kier molecular flexibility index (Phi) is 17.0. The van der Waals surface area contributed by atoms with E-state index >= 15 is 0 Å². The van der Waals surface area contributed by atoms with Crippen molar-refractivity contribution in [1.82, 2.24) is 0 Å². The molecule has 0 aromatic carbocycles. The van der Waals surface area contributed by atoms with Crippen LogP contribution in [0.4, 0.5) is 0 Å². The third-order valence-electron chi connectivity index (χ3n) is 5.44. The maximum absolute atomic E-state index is 12.4. The average Bonchev–Trinajstić information content (AvgIpc) is 2.97. The van der Waals surface area contributed by atoms with E-state index in [-0.39, 0.29) is 58.4 Å². The van der Waals surface area contributed by atoms with Gasteiger partial charge in [0.2, 0.25) is 0 Å². The topological polar surface area (TPSA) is 158 Å². The van der Waals surface area contributed by atoms with Crippen molar-refractivity contribution in [2.45, 2.75) is 40.0 Å². The first-order valence-electron chi connectivity index (χ1n) is 12.7. The first-order chi connectivity index (χ1) is 19.2. The predicted octanol–water partition coefficient (Wildman–Crippen LogP) is 2.81. The normalized spacial score (nSPS) is 11.6. The molecule has 0 aromatic rings. The van der Waals surface area contributed by atoms with Gasteiger partial charge in [-0.15, -0.1) is 0 Å². The maximum Gasteiger partial charge on any atom is 0.330 e. The zero-order valence-electron chi connectivity index (χ0n) is 24.0. The molecule has 0 amide bonds. The average molecular weight is 581 g/mol. The molecule has 0 aliphatic carbocycles. The van der Waals surface area contributed by atoms with E-state index in [4.69, 9.17) is 28.4 Å². The highest BCUT2D eigenvalue weighted by Crippen LogP contribution is 2.22. The van der Waals surface area contributed by atoms with Gasteiger partial charge in [-0.2, -0.15) is 0 Å². The summed E-state index contributed by atoms with van der Waals surface area (Å²) in [6.45, 7) is 17.0. The van der Waals surface area contributed by atoms with Crippen LogP contribution in [0, 0.1) is 16.7 Å². The first-order valence-corrected chi connectivity index (χ1v) is 12.7. The molecule has 0 aliphatic heterocycles. The second kappa shape index (κ2) is 19.0. The van der Waals surface area contributed by atoms with Crippen molar-refractivity contribution in [1.29, 1.82) is 0 Å². The number of carbonyl (C=O) groups is 6. The fraction of sp³-hybridized carbons (Fsp3) is 0.517. The molecule has 12 heteroatoms. The third kappa shape index (κ3) is 17.2. The summed E-state index contributed by atoms with van der Waals surface area (Å²) in [6, 6.07) is 0. The molecular weight excluding hydrogens is 540 g/mol. The van der Waals surface area contributed by atoms with Crippen molar-refractivity contribution in [2.24, 2.45) is 16.7 Å². The summed E-state index contributed by atoms with van der Waals surface area (Å²) in [6.07, 6.45) is 4.17. The fourth-order valence-electron chi connectivity index (χ4n) is 2.86. The minimum absolute atomic E-state index is 0.0177. The SMILES string of the molecule is C=CC(=O)OCC(C)(COC(=O)C=C)COC(=O)CCC(C)CC(=O)OCC(C)(COC(=O)C=C)COC(=O)C=C. The Morgan fingerprint density at radius 3 is 1.17 bits per heavy atom. The first kappa shape index (κ1) is 36.8. The minimum Gasteiger partial charge on any atom is -0.465 e. The van der Waals surface area contributed by atoms with E-state index in [1.165, 1.54) is 0 Å². The highest BCUT2D eigenvalue weighted by Gasteiger charge is 2.32. The highest BCUT2D eigenvalue weighted by molar-refractivity contribution is 5.82. The smallest absolute Gasteiger partial charge is 0.330 e. The van der Waals surface area contributed by atoms with Crippen LogP contribution < -0.4 is 0 Å². The van der Waals surface area contributed by atoms with E-state index in [1.807, 2.05) is 0 Å². The van der Waals surface area contributed by atoms with Crippen LogP contribution in [0.2, 0.25) is 0 Å². The van der Waals surface area contributed by atoms with Crippen LogP contribution in [0.1, 0.15) is 40.0 Å². The van der Waals surface area contributed by atoms with Crippen molar-refractivity contribution in [3.63, 3.8) is 0 Å². The van der Waals surface area contributed by atoms with Gasteiger partial charge in [0, 0.05) is 37.1 Å². The summed E-state index contributed by atoms with van der Waals surface area (Å²) in [5.74, 6) is -4.14. The Bertz CT molecular complexity index is 932. The van der Waals surface area contributed by atoms with Gasteiger partial charge >= 0.3 is 35.8 Å². The molecule has 0 aliphatic rings. The standard InChI is InChI=1S/C29H40O12/c1-8-22(30)36-15-28(6,16-37-23(31)9-2)19-40-26(34)13-12-21(5)14-27(35)41-20-29(7,17-38-24(32)10-3)18-39-25(33)11-4/h8-11,21H,1-4,12-20H2,5-7H3. The highest BCUT2D eigenvalue weighted by atomic mass is 16.6. The predicted molar refractivity (Wildman–Crippen MR) is 146 cm³/mol. The van der Waals surface area contributed by atoms with Gasteiger partial charge in [0.05, 0.1) is 10.8 Å². The second-order valence-corrected chi connectivity index (χ2v) is 10.0. The summed E-state index contributed by atoms with van der Waals surface area (Å²) in [5.41, 5.74) is -2.04. The Morgan fingerprint density at radius 2 is 0.854 bits per heavy atom. The van der Waals surface area contributed by atoms with Crippen LogP contribution in [-0.2, 0) is 57.2 Å². The molecule has 0 saturated heterocycles. The van der Waals surface area contributed by atoms with Crippen LogP contribution in [0.15, 0.2) is 50.6 Å². The number of ether oxygens (including phenoxy) is 6. The lowest BCUT2D eigenvalue weighted by atomic mass is 9.94. The maximum atomic E-state index is 12.4. The van der Waals surface area contributed by atoms with Gasteiger partial charge < -0.3 is 28.4 Å². The zero-order chi connectivity index (χ0) is 31.5. The number of hydrogen-bond donors (Lipinski definition) is 0. The molecule has 1 atom stereocenters. The Labute approximate surface area is 240 Å². The van der Waals surface area contributed by atoms with E-state index in [9.17, 15) is 28.8 Å². The van der Waals surface area contributed by atoms with Crippen molar-refractivity contribution >= 4 is 35.8 Å². The van der Waals surface area contributed by atoms with E-state index in [0.29, 0.717) is 6.42 Å². The van der Waals surface area contributed by atoms with Crippen molar-refractivity contribution in [3.8, 4) is 0 Å². The molecule has 0 radical (unpaired) electrons. The van der Waals surface area contributed by atoms with Crippen LogP contribution in [0.25, 0.3) is 0 Å². The molecule has 0 rings (SSSR count). The third-order valence-corrected chi connectivity index (χ3v) is 5.44. The Balaban J connectivity index is 4.83. The molecular formula is C29H40O12. The van der Waals surface area contributed by atoms with Gasteiger partial charge in [-0.1, -0.05) is 33.2 Å². The molecule has 0 spiro atoms. The second-order valence-electron chi connectivity index (χ2n) is 10.0. The molecule has 0 N–H and O–H groups in total. The number of esters is 6. The molecule has 0 bridgehead atoms. The largest absolute Gasteiger partial charge is 0.465 e. The van der Waals surface area contributed by atoms with Gasteiger partial charge in [0.25, 0.3) is 0 Å². The summed E-state index contributed by atoms with van der Waals surface area (Å²) in [4.78, 5) is 70.6. The monoisotopic (exact) mass is 580 g/mol. The fourth-order valence-corrected chi connectivity index (χ4v) is 2.86. The van der Waals surface area contributed by atoms with E-state index in [2.05, 4.69) is 26.3 Å². The Morgan fingerprint density at radius 1 is 0.561 bits per heavy atom. The van der Waals surface area contributed by atoms with E-state index in [1.54, 1.807) is 20.8 Å². The molecule has 0 aromatic heterocycles. The van der Waals surface area contributed by atoms with Crippen LogP contribution in [0.3, 0.4) is 0 Å². The summed E-state index contributed by atoms with van der Waals surface area (Å²) >= 11 is 0. The lowest BCUT2D eigenvalue weighted by Gasteiger charge is -2.28. The molecule has 0 fully saturated rings. The molecule has 0 heterocycles. The zero-order valence-corrected chi connectivity index (χ0v) is 24.0. The number of carbonyl (C=O) groups excluding carboxylic acids is 6.